The largest absolute Gasteiger partial charge is 0.398 e. The number of fused-ring (bicyclic) bond motifs is 1. The van der Waals surface area contributed by atoms with E-state index >= 15 is 0 Å². The molecule has 12 heavy (non-hydrogen) atoms. The van der Waals surface area contributed by atoms with Gasteiger partial charge in [-0.15, -0.1) is 0 Å². The molecule has 4 heteroatoms. The van der Waals surface area contributed by atoms with Crippen molar-refractivity contribution in [3.05, 3.63) is 28.6 Å². The molecular formula is C8H6BrFN2. The molecule has 0 radical (unpaired) electrons. The Morgan fingerprint density at radius 2 is 2.25 bits per heavy atom. The number of hydrogen-bond acceptors (Lipinski definition) is 1. The number of hydrogen-bond donors (Lipinski definition) is 2. The number of nitrogens with two attached hydrogens (primary N) is 1. The Balaban J connectivity index is 2.94. The zero-order chi connectivity index (χ0) is 8.72. The number of aromatic nitrogens is 1. The summed E-state index contributed by atoms with van der Waals surface area (Å²) >= 11 is 3.06. The molecule has 0 spiro atoms. The fourth-order valence-electron chi connectivity index (χ4n) is 1.16. The summed E-state index contributed by atoms with van der Waals surface area (Å²) in [4.78, 5) is 2.80. The fourth-order valence-corrected chi connectivity index (χ4v) is 1.47. The molecule has 62 valence electrons. The summed E-state index contributed by atoms with van der Waals surface area (Å²) in [5.41, 5.74) is 6.44. The van der Waals surface area contributed by atoms with Crippen molar-refractivity contribution in [1.29, 1.82) is 0 Å². The second-order valence-electron chi connectivity index (χ2n) is 2.54. The van der Waals surface area contributed by atoms with E-state index in [4.69, 9.17) is 5.73 Å². The topological polar surface area (TPSA) is 41.8 Å². The summed E-state index contributed by atoms with van der Waals surface area (Å²) in [6, 6.07) is 3.50. The van der Waals surface area contributed by atoms with E-state index in [-0.39, 0.29) is 5.82 Å². The number of H-pyrrole nitrogens is 1. The van der Waals surface area contributed by atoms with Crippen LogP contribution in [0.15, 0.2) is 22.8 Å². The van der Waals surface area contributed by atoms with Gasteiger partial charge >= 0.3 is 0 Å². The van der Waals surface area contributed by atoms with E-state index in [9.17, 15) is 4.39 Å². The average Bonchev–Trinajstić information content (AvgIpc) is 2.48. The molecule has 0 unspecified atom stereocenters. The Kier molecular flexibility index (Phi) is 1.58. The summed E-state index contributed by atoms with van der Waals surface area (Å²) in [6.45, 7) is 0. The van der Waals surface area contributed by atoms with Gasteiger partial charge in [0.1, 0.15) is 0 Å². The number of benzene rings is 1. The highest BCUT2D eigenvalue weighted by atomic mass is 79.9. The second-order valence-corrected chi connectivity index (χ2v) is 3.33. The summed E-state index contributed by atoms with van der Waals surface area (Å²) in [5.74, 6) is -0.338. The fraction of sp³-hybridized carbons (Fsp3) is 0. The van der Waals surface area contributed by atoms with Crippen molar-refractivity contribution >= 4 is 32.5 Å². The molecule has 0 atom stereocenters. The first-order valence-electron chi connectivity index (χ1n) is 3.40. The quantitative estimate of drug-likeness (QED) is 0.670. The highest BCUT2D eigenvalue weighted by Crippen LogP contribution is 2.29. The van der Waals surface area contributed by atoms with Gasteiger partial charge in [0.2, 0.25) is 0 Å². The Morgan fingerprint density at radius 1 is 1.50 bits per heavy atom. The third kappa shape index (κ3) is 0.914. The van der Waals surface area contributed by atoms with Crippen LogP contribution < -0.4 is 5.73 Å². The smallest absolute Gasteiger partial charge is 0.163 e. The normalized spacial score (nSPS) is 10.8. The van der Waals surface area contributed by atoms with Crippen molar-refractivity contribution in [2.75, 3.05) is 5.73 Å². The van der Waals surface area contributed by atoms with Gasteiger partial charge in [-0.05, 0) is 28.1 Å². The molecule has 0 bridgehead atoms. The Bertz CT molecular complexity index is 436. The van der Waals surface area contributed by atoms with Crippen molar-refractivity contribution in [1.82, 2.24) is 4.98 Å². The van der Waals surface area contributed by atoms with Gasteiger partial charge in [0.15, 0.2) is 5.82 Å². The van der Waals surface area contributed by atoms with Crippen LogP contribution in [-0.4, -0.2) is 4.98 Å². The lowest BCUT2D eigenvalue weighted by molar-refractivity contribution is 0.631. The SMILES string of the molecule is Nc1cc2cc[nH]c2c(F)c1Br. The first-order valence-corrected chi connectivity index (χ1v) is 4.20. The summed E-state index contributed by atoms with van der Waals surface area (Å²) < 4.78 is 13.7. The van der Waals surface area contributed by atoms with Gasteiger partial charge in [0.05, 0.1) is 9.99 Å². The molecule has 0 saturated heterocycles. The van der Waals surface area contributed by atoms with Gasteiger partial charge in [0.25, 0.3) is 0 Å². The number of anilines is 1. The molecule has 1 aromatic heterocycles. The maximum absolute atomic E-state index is 13.3. The van der Waals surface area contributed by atoms with Crippen LogP contribution in [0.25, 0.3) is 10.9 Å². The number of aromatic amines is 1. The molecule has 0 fully saturated rings. The van der Waals surface area contributed by atoms with Crippen molar-refractivity contribution in [3.8, 4) is 0 Å². The van der Waals surface area contributed by atoms with Crippen molar-refractivity contribution in [2.45, 2.75) is 0 Å². The van der Waals surface area contributed by atoms with Crippen LogP contribution in [0.5, 0.6) is 0 Å². The molecule has 0 aliphatic heterocycles. The minimum Gasteiger partial charge on any atom is -0.398 e. The minimum atomic E-state index is -0.338. The third-order valence-electron chi connectivity index (χ3n) is 1.76. The van der Waals surface area contributed by atoms with Crippen LogP contribution in [0, 0.1) is 5.82 Å². The van der Waals surface area contributed by atoms with E-state index in [1.165, 1.54) is 0 Å². The lowest BCUT2D eigenvalue weighted by Crippen LogP contribution is -1.90. The standard InChI is InChI=1S/C8H6BrFN2/c9-6-5(11)3-4-1-2-12-8(4)7(6)10/h1-3,12H,11H2. The van der Waals surface area contributed by atoms with E-state index in [0.29, 0.717) is 15.7 Å². The van der Waals surface area contributed by atoms with Crippen LogP contribution in [0.2, 0.25) is 0 Å². The van der Waals surface area contributed by atoms with Crippen LogP contribution in [0.3, 0.4) is 0 Å². The van der Waals surface area contributed by atoms with E-state index in [0.717, 1.165) is 5.39 Å². The lowest BCUT2D eigenvalue weighted by atomic mass is 10.2. The zero-order valence-corrected chi connectivity index (χ0v) is 7.65. The first-order chi connectivity index (χ1) is 5.70. The van der Waals surface area contributed by atoms with E-state index in [1.54, 1.807) is 18.3 Å². The molecule has 0 aliphatic rings. The second kappa shape index (κ2) is 2.48. The van der Waals surface area contributed by atoms with Gasteiger partial charge in [0, 0.05) is 17.3 Å². The highest BCUT2D eigenvalue weighted by Gasteiger charge is 2.09. The predicted octanol–water partition coefficient (Wildman–Crippen LogP) is 2.65. The molecule has 2 aromatic rings. The van der Waals surface area contributed by atoms with Crippen LogP contribution in [0.1, 0.15) is 0 Å². The predicted molar refractivity (Wildman–Crippen MR) is 50.4 cm³/mol. The van der Waals surface area contributed by atoms with Crippen molar-refractivity contribution in [2.24, 2.45) is 0 Å². The first kappa shape index (κ1) is 7.61. The van der Waals surface area contributed by atoms with Crippen LogP contribution >= 0.6 is 15.9 Å². The number of nitrogens with one attached hydrogen (secondary N) is 1. The van der Waals surface area contributed by atoms with Crippen LogP contribution in [-0.2, 0) is 0 Å². The molecule has 3 N–H and O–H groups in total. The molecule has 2 nitrogen and oxygen atoms in total. The van der Waals surface area contributed by atoms with E-state index in [1.807, 2.05) is 0 Å². The molecular weight excluding hydrogens is 223 g/mol. The molecule has 1 heterocycles. The van der Waals surface area contributed by atoms with E-state index < -0.39 is 0 Å². The maximum atomic E-state index is 13.3. The van der Waals surface area contributed by atoms with Gasteiger partial charge < -0.3 is 10.7 Å². The summed E-state index contributed by atoms with van der Waals surface area (Å²) in [7, 11) is 0. The minimum absolute atomic E-state index is 0.317. The highest BCUT2D eigenvalue weighted by molar-refractivity contribution is 9.10. The monoisotopic (exact) mass is 228 g/mol. The average molecular weight is 229 g/mol. The summed E-state index contributed by atoms with van der Waals surface area (Å²) in [6.07, 6.45) is 1.68. The van der Waals surface area contributed by atoms with Crippen LogP contribution in [0.4, 0.5) is 10.1 Å². The molecule has 0 aliphatic carbocycles. The number of halogens is 2. The van der Waals surface area contributed by atoms with Gasteiger partial charge in [-0.3, -0.25) is 0 Å². The van der Waals surface area contributed by atoms with E-state index in [2.05, 4.69) is 20.9 Å². The zero-order valence-electron chi connectivity index (χ0n) is 6.07. The van der Waals surface area contributed by atoms with Crippen molar-refractivity contribution < 1.29 is 4.39 Å². The number of nitrogen functional groups attached to an aromatic ring is 1. The molecule has 0 saturated carbocycles. The summed E-state index contributed by atoms with van der Waals surface area (Å²) in [5, 5.41) is 0.785. The van der Waals surface area contributed by atoms with Gasteiger partial charge in [-0.2, -0.15) is 0 Å². The lowest BCUT2D eigenvalue weighted by Gasteiger charge is -2.00. The Morgan fingerprint density at radius 3 is 3.00 bits per heavy atom. The Labute approximate surface area is 76.7 Å². The molecule has 2 rings (SSSR count). The third-order valence-corrected chi connectivity index (χ3v) is 2.56. The molecule has 1 aromatic carbocycles. The molecule has 0 amide bonds. The maximum Gasteiger partial charge on any atom is 0.163 e. The number of rotatable bonds is 0. The van der Waals surface area contributed by atoms with Crippen molar-refractivity contribution in [3.63, 3.8) is 0 Å². The van der Waals surface area contributed by atoms with Gasteiger partial charge in [-0.25, -0.2) is 4.39 Å². The van der Waals surface area contributed by atoms with Gasteiger partial charge in [-0.1, -0.05) is 0 Å². The Hall–Kier alpha value is -1.03.